The molecule has 16 heavy (non-hydrogen) atoms. The average molecular weight is 221 g/mol. The molecule has 2 rings (SSSR count). The first-order valence-corrected chi connectivity index (χ1v) is 5.43. The number of rotatable bonds is 2. The Hall–Kier alpha value is -1.55. The molecule has 0 bridgehead atoms. The maximum atomic E-state index is 10.8. The minimum atomic E-state index is -0.921. The van der Waals surface area contributed by atoms with Crippen molar-refractivity contribution in [1.29, 1.82) is 0 Å². The highest BCUT2D eigenvalue weighted by atomic mass is 16.5. The van der Waals surface area contributed by atoms with Crippen molar-refractivity contribution in [2.24, 2.45) is 0 Å². The molecule has 0 radical (unpaired) electrons. The number of benzene rings is 1. The number of carboxylic acids is 1. The van der Waals surface area contributed by atoms with Gasteiger partial charge in [-0.05, 0) is 18.6 Å². The quantitative estimate of drug-likeness (QED) is 0.797. The van der Waals surface area contributed by atoms with Gasteiger partial charge in [0.05, 0.1) is 5.56 Å². The van der Waals surface area contributed by atoms with E-state index in [0.717, 1.165) is 18.5 Å². The first kappa shape index (κ1) is 11.0. The summed E-state index contributed by atoms with van der Waals surface area (Å²) in [6, 6.07) is 5.35. The fourth-order valence-electron chi connectivity index (χ4n) is 1.73. The second kappa shape index (κ2) is 4.53. The van der Waals surface area contributed by atoms with Crippen molar-refractivity contribution in [3.63, 3.8) is 0 Å². The predicted molar refractivity (Wildman–Crippen MR) is 59.8 cm³/mol. The van der Waals surface area contributed by atoms with Crippen LogP contribution in [0.15, 0.2) is 18.2 Å². The molecule has 2 N–H and O–H groups in total. The van der Waals surface area contributed by atoms with Gasteiger partial charge in [0.2, 0.25) is 0 Å². The van der Waals surface area contributed by atoms with E-state index in [4.69, 9.17) is 9.84 Å². The van der Waals surface area contributed by atoms with Crippen LogP contribution in [0.3, 0.4) is 0 Å². The smallest absolute Gasteiger partial charge is 0.335 e. The molecule has 0 spiro atoms. The van der Waals surface area contributed by atoms with Crippen molar-refractivity contribution in [2.75, 3.05) is 6.61 Å². The molecule has 1 aliphatic rings. The van der Waals surface area contributed by atoms with Crippen LogP contribution in [0, 0.1) is 0 Å². The lowest BCUT2D eigenvalue weighted by Gasteiger charge is -2.11. The SMILES string of the molecule is CC[C@H]1COc2cc(C(=O)O)ccc2CN1. The standard InChI is InChI=1S/C12H15NO3/c1-2-10-7-16-11-5-8(12(14)15)3-4-9(11)6-13-10/h3-5,10,13H,2,6-7H2,1H3,(H,14,15)/t10-/m0/s1. The summed E-state index contributed by atoms with van der Waals surface area (Å²) >= 11 is 0. The molecule has 0 aromatic heterocycles. The molecule has 1 heterocycles. The Bertz CT molecular complexity index is 403. The fourth-order valence-corrected chi connectivity index (χ4v) is 1.73. The molecule has 0 saturated carbocycles. The van der Waals surface area contributed by atoms with E-state index in [0.29, 0.717) is 18.4 Å². The van der Waals surface area contributed by atoms with E-state index in [1.807, 2.05) is 6.07 Å². The summed E-state index contributed by atoms with van der Waals surface area (Å²) in [6.07, 6.45) is 1.000. The van der Waals surface area contributed by atoms with Crippen LogP contribution in [-0.4, -0.2) is 23.7 Å². The Morgan fingerprint density at radius 2 is 2.44 bits per heavy atom. The van der Waals surface area contributed by atoms with Crippen LogP contribution < -0.4 is 10.1 Å². The lowest BCUT2D eigenvalue weighted by molar-refractivity contribution is 0.0696. The molecule has 0 saturated heterocycles. The summed E-state index contributed by atoms with van der Waals surface area (Å²) in [5, 5.41) is 12.2. The van der Waals surface area contributed by atoms with Crippen molar-refractivity contribution in [2.45, 2.75) is 25.9 Å². The number of carbonyl (C=O) groups is 1. The van der Waals surface area contributed by atoms with E-state index in [9.17, 15) is 4.79 Å². The normalized spacial score (nSPS) is 19.4. The molecule has 1 aromatic carbocycles. The van der Waals surface area contributed by atoms with Gasteiger partial charge in [-0.2, -0.15) is 0 Å². The Morgan fingerprint density at radius 3 is 3.12 bits per heavy atom. The second-order valence-electron chi connectivity index (χ2n) is 3.92. The van der Waals surface area contributed by atoms with Gasteiger partial charge in [0.25, 0.3) is 0 Å². The number of hydrogen-bond donors (Lipinski definition) is 2. The summed E-state index contributed by atoms with van der Waals surface area (Å²) in [5.74, 6) is -0.237. The van der Waals surface area contributed by atoms with E-state index < -0.39 is 5.97 Å². The Morgan fingerprint density at radius 1 is 1.62 bits per heavy atom. The first-order chi connectivity index (χ1) is 7.70. The number of nitrogens with one attached hydrogen (secondary N) is 1. The van der Waals surface area contributed by atoms with Crippen molar-refractivity contribution < 1.29 is 14.6 Å². The summed E-state index contributed by atoms with van der Waals surface area (Å²) < 4.78 is 5.62. The maximum Gasteiger partial charge on any atom is 0.335 e. The van der Waals surface area contributed by atoms with Gasteiger partial charge in [-0.1, -0.05) is 13.0 Å². The van der Waals surface area contributed by atoms with E-state index in [-0.39, 0.29) is 5.56 Å². The van der Waals surface area contributed by atoms with E-state index >= 15 is 0 Å². The Balaban J connectivity index is 2.25. The van der Waals surface area contributed by atoms with Gasteiger partial charge in [0, 0.05) is 18.2 Å². The summed E-state index contributed by atoms with van der Waals surface area (Å²) in [6.45, 7) is 3.42. The maximum absolute atomic E-state index is 10.8. The molecule has 4 heteroatoms. The van der Waals surface area contributed by atoms with Crippen LogP contribution in [0.1, 0.15) is 29.3 Å². The molecular formula is C12H15NO3. The predicted octanol–water partition coefficient (Wildman–Crippen LogP) is 1.65. The van der Waals surface area contributed by atoms with Gasteiger partial charge in [-0.25, -0.2) is 4.79 Å². The number of fused-ring (bicyclic) bond motifs is 1. The van der Waals surface area contributed by atoms with E-state index in [1.54, 1.807) is 12.1 Å². The molecular weight excluding hydrogens is 206 g/mol. The third-order valence-electron chi connectivity index (χ3n) is 2.83. The van der Waals surface area contributed by atoms with E-state index in [2.05, 4.69) is 12.2 Å². The molecule has 0 unspecified atom stereocenters. The zero-order valence-electron chi connectivity index (χ0n) is 9.19. The van der Waals surface area contributed by atoms with Crippen molar-refractivity contribution in [1.82, 2.24) is 5.32 Å². The van der Waals surface area contributed by atoms with Crippen LogP contribution in [0.5, 0.6) is 5.75 Å². The highest BCUT2D eigenvalue weighted by molar-refractivity contribution is 5.88. The number of aromatic carboxylic acids is 1. The van der Waals surface area contributed by atoms with Gasteiger partial charge in [0.15, 0.2) is 0 Å². The number of ether oxygens (including phenoxy) is 1. The Labute approximate surface area is 94.2 Å². The minimum absolute atomic E-state index is 0.272. The summed E-state index contributed by atoms with van der Waals surface area (Å²) in [5.41, 5.74) is 1.29. The zero-order chi connectivity index (χ0) is 11.5. The van der Waals surface area contributed by atoms with Gasteiger partial charge in [0.1, 0.15) is 12.4 Å². The molecule has 1 aliphatic heterocycles. The van der Waals surface area contributed by atoms with Crippen LogP contribution in [0.2, 0.25) is 0 Å². The third-order valence-corrected chi connectivity index (χ3v) is 2.83. The lowest BCUT2D eigenvalue weighted by Crippen LogP contribution is -2.31. The summed E-state index contributed by atoms with van der Waals surface area (Å²) in [7, 11) is 0. The zero-order valence-corrected chi connectivity index (χ0v) is 9.19. The summed E-state index contributed by atoms with van der Waals surface area (Å²) in [4.78, 5) is 10.8. The van der Waals surface area contributed by atoms with Crippen molar-refractivity contribution >= 4 is 5.97 Å². The van der Waals surface area contributed by atoms with E-state index in [1.165, 1.54) is 0 Å². The van der Waals surface area contributed by atoms with Gasteiger partial charge in [-0.3, -0.25) is 0 Å². The highest BCUT2D eigenvalue weighted by Crippen LogP contribution is 2.23. The largest absolute Gasteiger partial charge is 0.492 e. The second-order valence-corrected chi connectivity index (χ2v) is 3.92. The van der Waals surface area contributed by atoms with Crippen LogP contribution in [0.25, 0.3) is 0 Å². The molecule has 86 valence electrons. The minimum Gasteiger partial charge on any atom is -0.492 e. The fraction of sp³-hybridized carbons (Fsp3) is 0.417. The van der Waals surface area contributed by atoms with Gasteiger partial charge in [-0.15, -0.1) is 0 Å². The molecule has 4 nitrogen and oxygen atoms in total. The van der Waals surface area contributed by atoms with Crippen molar-refractivity contribution in [3.05, 3.63) is 29.3 Å². The van der Waals surface area contributed by atoms with Gasteiger partial charge >= 0.3 is 5.97 Å². The van der Waals surface area contributed by atoms with Gasteiger partial charge < -0.3 is 15.2 Å². The van der Waals surface area contributed by atoms with Crippen LogP contribution in [0.4, 0.5) is 0 Å². The molecule has 0 amide bonds. The number of hydrogen-bond acceptors (Lipinski definition) is 3. The number of carboxylic acid groups (broad SMARTS) is 1. The Kier molecular flexibility index (Phi) is 3.10. The van der Waals surface area contributed by atoms with Crippen LogP contribution >= 0.6 is 0 Å². The molecule has 0 aliphatic carbocycles. The topological polar surface area (TPSA) is 58.6 Å². The average Bonchev–Trinajstić information content (AvgIpc) is 2.50. The lowest BCUT2D eigenvalue weighted by atomic mass is 10.1. The van der Waals surface area contributed by atoms with Crippen LogP contribution in [-0.2, 0) is 6.54 Å². The molecule has 1 atom stereocenters. The third kappa shape index (κ3) is 2.17. The first-order valence-electron chi connectivity index (χ1n) is 5.43. The molecule has 1 aromatic rings. The highest BCUT2D eigenvalue weighted by Gasteiger charge is 2.16. The molecule has 0 fully saturated rings. The van der Waals surface area contributed by atoms with Crippen molar-refractivity contribution in [3.8, 4) is 5.75 Å². The monoisotopic (exact) mass is 221 g/mol.